The maximum absolute atomic E-state index is 13.7. The standard InChI is InChI=1S/C21H23N3O8/c1-32-6-20-4-7-9(22)2-3-10(25)11(7)15(26)13(20)18(29)21(31)8(5-20)14(23)16(27)12(17(21)28)19(24)30/h2-3,8,14,25-26,28,31H,4-6,22-23H2,1H3,(H2,24,30)/t8-,14-,20-,21+/m0/s1. The van der Waals surface area contributed by atoms with Gasteiger partial charge in [0.25, 0.3) is 5.91 Å². The van der Waals surface area contributed by atoms with Gasteiger partial charge in [-0.05, 0) is 30.5 Å². The lowest BCUT2D eigenvalue weighted by Gasteiger charge is -2.53. The van der Waals surface area contributed by atoms with Gasteiger partial charge in [0, 0.05) is 24.1 Å². The number of phenolic OH excluding ortho intramolecular Hbond substituents is 1. The summed E-state index contributed by atoms with van der Waals surface area (Å²) in [5.74, 6) is -7.08. The molecule has 0 bridgehead atoms. The van der Waals surface area contributed by atoms with Crippen LogP contribution in [0.3, 0.4) is 0 Å². The van der Waals surface area contributed by atoms with Crippen LogP contribution in [0.25, 0.3) is 5.76 Å². The summed E-state index contributed by atoms with van der Waals surface area (Å²) in [5, 5.41) is 43.5. The van der Waals surface area contributed by atoms with Crippen molar-refractivity contribution in [1.29, 1.82) is 0 Å². The smallest absolute Gasteiger partial charge is 0.255 e. The van der Waals surface area contributed by atoms with Crippen LogP contribution in [0.4, 0.5) is 5.69 Å². The number of aliphatic hydroxyl groups is 3. The van der Waals surface area contributed by atoms with Gasteiger partial charge in [0.15, 0.2) is 11.4 Å². The normalized spacial score (nSPS) is 31.8. The molecule has 11 nitrogen and oxygen atoms in total. The molecule has 0 saturated heterocycles. The van der Waals surface area contributed by atoms with Crippen LogP contribution in [0.1, 0.15) is 17.5 Å². The number of benzene rings is 1. The number of fused-ring (bicyclic) bond motifs is 3. The van der Waals surface area contributed by atoms with Crippen LogP contribution < -0.4 is 17.2 Å². The highest BCUT2D eigenvalue weighted by Crippen LogP contribution is 2.58. The van der Waals surface area contributed by atoms with Gasteiger partial charge in [-0.15, -0.1) is 0 Å². The molecule has 0 aliphatic heterocycles. The molecule has 3 aliphatic carbocycles. The summed E-state index contributed by atoms with van der Waals surface area (Å²) in [7, 11) is 1.37. The van der Waals surface area contributed by atoms with E-state index in [1.807, 2.05) is 0 Å². The van der Waals surface area contributed by atoms with Gasteiger partial charge in [-0.3, -0.25) is 14.4 Å². The number of amides is 1. The zero-order chi connectivity index (χ0) is 23.7. The Morgan fingerprint density at radius 2 is 1.91 bits per heavy atom. The molecule has 3 aliphatic rings. The number of ether oxygens (including phenoxy) is 1. The number of carbonyl (C=O) groups excluding carboxylic acids is 3. The number of Topliss-reactive ketones (excluding diaryl/α,β-unsaturated/α-hetero) is 2. The van der Waals surface area contributed by atoms with Crippen molar-refractivity contribution in [3.63, 3.8) is 0 Å². The van der Waals surface area contributed by atoms with Crippen molar-refractivity contribution in [1.82, 2.24) is 0 Å². The van der Waals surface area contributed by atoms with E-state index < -0.39 is 57.5 Å². The van der Waals surface area contributed by atoms with Gasteiger partial charge in [0.05, 0.1) is 23.8 Å². The molecule has 0 heterocycles. The summed E-state index contributed by atoms with van der Waals surface area (Å²) in [6.07, 6.45) is -0.164. The van der Waals surface area contributed by atoms with Crippen molar-refractivity contribution in [2.24, 2.45) is 22.8 Å². The third kappa shape index (κ3) is 2.49. The number of hydrogen-bond donors (Lipinski definition) is 7. The average Bonchev–Trinajstić information content (AvgIpc) is 2.71. The monoisotopic (exact) mass is 445 g/mol. The van der Waals surface area contributed by atoms with Gasteiger partial charge in [-0.1, -0.05) is 0 Å². The molecular weight excluding hydrogens is 422 g/mol. The minimum Gasteiger partial charge on any atom is -0.508 e. The number of methoxy groups -OCH3 is 1. The highest BCUT2D eigenvalue weighted by atomic mass is 16.5. The number of carbonyl (C=O) groups is 3. The molecule has 0 unspecified atom stereocenters. The number of ketones is 2. The van der Waals surface area contributed by atoms with Crippen LogP contribution >= 0.6 is 0 Å². The quantitative estimate of drug-likeness (QED) is 0.170. The first-order chi connectivity index (χ1) is 14.9. The lowest BCUT2D eigenvalue weighted by atomic mass is 9.52. The van der Waals surface area contributed by atoms with Crippen molar-refractivity contribution in [2.75, 3.05) is 19.5 Å². The predicted molar refractivity (Wildman–Crippen MR) is 110 cm³/mol. The Balaban J connectivity index is 2.06. The second kappa shape index (κ2) is 6.79. The lowest BCUT2D eigenvalue weighted by Crippen LogP contribution is -2.67. The molecule has 4 rings (SSSR count). The summed E-state index contributed by atoms with van der Waals surface area (Å²) in [5.41, 5.74) is 12.4. The Kier molecular flexibility index (Phi) is 4.63. The summed E-state index contributed by atoms with van der Waals surface area (Å²) in [4.78, 5) is 38.1. The van der Waals surface area contributed by atoms with E-state index in [1.165, 1.54) is 19.2 Å². The summed E-state index contributed by atoms with van der Waals surface area (Å²) in [6, 6.07) is 1.15. The molecule has 1 fully saturated rings. The summed E-state index contributed by atoms with van der Waals surface area (Å²) in [6.45, 7) is -0.132. The van der Waals surface area contributed by atoms with Crippen molar-refractivity contribution in [3.05, 3.63) is 40.2 Å². The number of anilines is 1. The molecule has 0 aromatic heterocycles. The minimum absolute atomic E-state index is 0.0161. The fourth-order valence-electron chi connectivity index (χ4n) is 5.38. The number of hydrogen-bond acceptors (Lipinski definition) is 10. The number of aliphatic hydroxyl groups excluding tert-OH is 2. The van der Waals surface area contributed by atoms with Crippen LogP contribution in [0.5, 0.6) is 5.75 Å². The molecule has 11 heteroatoms. The molecule has 1 amide bonds. The Labute approximate surface area is 181 Å². The third-order valence-electron chi connectivity index (χ3n) is 6.81. The maximum atomic E-state index is 13.7. The fourth-order valence-corrected chi connectivity index (χ4v) is 5.38. The number of phenols is 1. The molecule has 4 atom stereocenters. The lowest BCUT2D eigenvalue weighted by molar-refractivity contribution is -0.154. The van der Waals surface area contributed by atoms with Gasteiger partial charge in [-0.25, -0.2) is 0 Å². The van der Waals surface area contributed by atoms with E-state index in [0.29, 0.717) is 5.56 Å². The average molecular weight is 445 g/mol. The van der Waals surface area contributed by atoms with Crippen molar-refractivity contribution in [3.8, 4) is 5.75 Å². The molecule has 0 spiro atoms. The highest BCUT2D eigenvalue weighted by Gasteiger charge is 2.66. The molecular formula is C21H23N3O8. The largest absolute Gasteiger partial charge is 0.508 e. The van der Waals surface area contributed by atoms with Gasteiger partial charge >= 0.3 is 0 Å². The van der Waals surface area contributed by atoms with Crippen LogP contribution in [0.2, 0.25) is 0 Å². The van der Waals surface area contributed by atoms with Crippen molar-refractivity contribution < 1.29 is 39.5 Å². The molecule has 170 valence electrons. The highest BCUT2D eigenvalue weighted by molar-refractivity contribution is 6.24. The fraction of sp³-hybridized carbons (Fsp3) is 0.381. The molecule has 1 aromatic rings. The zero-order valence-electron chi connectivity index (χ0n) is 17.1. The second-order valence-corrected chi connectivity index (χ2v) is 8.53. The summed E-state index contributed by atoms with van der Waals surface area (Å²) >= 11 is 0. The van der Waals surface area contributed by atoms with E-state index in [1.54, 1.807) is 0 Å². The number of nitrogens with two attached hydrogens (primary N) is 3. The van der Waals surface area contributed by atoms with Crippen LogP contribution in [-0.2, 0) is 25.5 Å². The number of aromatic hydroxyl groups is 1. The molecule has 10 N–H and O–H groups in total. The Bertz CT molecular complexity index is 1160. The first kappa shape index (κ1) is 21.8. The van der Waals surface area contributed by atoms with E-state index in [0.717, 1.165) is 0 Å². The topological polar surface area (TPSA) is 219 Å². The second-order valence-electron chi connectivity index (χ2n) is 8.53. The van der Waals surface area contributed by atoms with Gasteiger partial charge in [0.2, 0.25) is 5.78 Å². The molecule has 1 aromatic carbocycles. The van der Waals surface area contributed by atoms with Crippen LogP contribution in [0, 0.1) is 11.3 Å². The van der Waals surface area contributed by atoms with E-state index in [2.05, 4.69) is 0 Å². The molecule has 32 heavy (non-hydrogen) atoms. The van der Waals surface area contributed by atoms with E-state index in [-0.39, 0.29) is 42.0 Å². The number of primary amides is 1. The van der Waals surface area contributed by atoms with E-state index >= 15 is 0 Å². The Hall–Kier alpha value is -3.41. The van der Waals surface area contributed by atoms with Crippen LogP contribution in [0.15, 0.2) is 29.0 Å². The van der Waals surface area contributed by atoms with E-state index in [9.17, 15) is 34.8 Å². The first-order valence-corrected chi connectivity index (χ1v) is 9.76. The minimum atomic E-state index is -2.79. The Morgan fingerprint density at radius 1 is 1.25 bits per heavy atom. The Morgan fingerprint density at radius 3 is 2.50 bits per heavy atom. The SMILES string of the molecule is COC[C@@]12Cc3c(N)ccc(O)c3C(O)=C1C(=O)[C@]1(O)C(O)=C(C(N)=O)C(=O)[C@@H](N)[C@@H]1C2. The van der Waals surface area contributed by atoms with Gasteiger partial charge in [-0.2, -0.15) is 0 Å². The maximum Gasteiger partial charge on any atom is 0.255 e. The predicted octanol–water partition coefficient (Wildman–Crippen LogP) is -1.04. The molecule has 0 radical (unpaired) electrons. The number of nitrogen functional groups attached to an aromatic ring is 1. The number of rotatable bonds is 3. The van der Waals surface area contributed by atoms with Crippen molar-refractivity contribution in [2.45, 2.75) is 24.5 Å². The third-order valence-corrected chi connectivity index (χ3v) is 6.81. The summed E-state index contributed by atoms with van der Waals surface area (Å²) < 4.78 is 5.33. The van der Waals surface area contributed by atoms with Crippen molar-refractivity contribution >= 4 is 28.9 Å². The van der Waals surface area contributed by atoms with E-state index in [4.69, 9.17) is 21.9 Å². The van der Waals surface area contributed by atoms with Gasteiger partial charge in [0.1, 0.15) is 22.8 Å². The molecule has 1 saturated carbocycles. The van der Waals surface area contributed by atoms with Gasteiger partial charge < -0.3 is 42.4 Å². The zero-order valence-corrected chi connectivity index (χ0v) is 17.1. The van der Waals surface area contributed by atoms with Crippen LogP contribution in [-0.4, -0.2) is 63.3 Å². The first-order valence-electron chi connectivity index (χ1n) is 9.76.